The lowest BCUT2D eigenvalue weighted by Gasteiger charge is -2.35. The van der Waals surface area contributed by atoms with Gasteiger partial charge in [0.1, 0.15) is 5.75 Å². The van der Waals surface area contributed by atoms with Crippen molar-refractivity contribution < 1.29 is 9.53 Å². The van der Waals surface area contributed by atoms with Gasteiger partial charge in [-0.2, -0.15) is 0 Å². The number of rotatable bonds is 4. The quantitative estimate of drug-likeness (QED) is 0.458. The van der Waals surface area contributed by atoms with Crippen LogP contribution >= 0.6 is 15.9 Å². The van der Waals surface area contributed by atoms with E-state index >= 15 is 0 Å². The molecule has 2 aromatic heterocycles. The van der Waals surface area contributed by atoms with Crippen molar-refractivity contribution in [1.82, 2.24) is 14.3 Å². The van der Waals surface area contributed by atoms with E-state index in [0.717, 1.165) is 39.9 Å². The average molecular weight is 465 g/mol. The van der Waals surface area contributed by atoms with Crippen LogP contribution in [0.4, 0.5) is 5.82 Å². The number of aromatic nitrogens is 2. The molecule has 7 heteroatoms. The maximum absolute atomic E-state index is 12.6. The highest BCUT2D eigenvalue weighted by Gasteiger charge is 2.24. The third kappa shape index (κ3) is 3.61. The molecule has 152 valence electrons. The molecule has 1 aliphatic heterocycles. The van der Waals surface area contributed by atoms with Gasteiger partial charge in [-0.3, -0.25) is 4.79 Å². The summed E-state index contributed by atoms with van der Waals surface area (Å²) in [5, 5.41) is 0. The molecule has 0 spiro atoms. The Hall–Kier alpha value is -3.06. The van der Waals surface area contributed by atoms with E-state index in [1.54, 1.807) is 0 Å². The molecule has 0 saturated carbocycles. The number of halogens is 1. The smallest absolute Gasteiger partial charge is 0.260 e. The van der Waals surface area contributed by atoms with Gasteiger partial charge in [-0.25, -0.2) is 4.98 Å². The number of amides is 1. The van der Waals surface area contributed by atoms with Crippen molar-refractivity contribution in [2.75, 3.05) is 37.7 Å². The van der Waals surface area contributed by atoms with Crippen molar-refractivity contribution in [1.29, 1.82) is 0 Å². The zero-order valence-electron chi connectivity index (χ0n) is 16.4. The maximum atomic E-state index is 12.6. The molecule has 0 radical (unpaired) electrons. The summed E-state index contributed by atoms with van der Waals surface area (Å²) < 4.78 is 8.80. The number of ether oxygens (including phenoxy) is 1. The van der Waals surface area contributed by atoms with Gasteiger partial charge in [-0.1, -0.05) is 34.1 Å². The van der Waals surface area contributed by atoms with Gasteiger partial charge in [0.25, 0.3) is 5.91 Å². The average Bonchev–Trinajstić information content (AvgIpc) is 3.27. The van der Waals surface area contributed by atoms with Crippen LogP contribution in [0.15, 0.2) is 71.3 Å². The molecule has 1 aliphatic rings. The Morgan fingerprint density at radius 3 is 2.57 bits per heavy atom. The predicted octanol–water partition coefficient (Wildman–Crippen LogP) is 3.98. The van der Waals surface area contributed by atoms with Crippen LogP contribution in [0.2, 0.25) is 0 Å². The number of benzene rings is 2. The van der Waals surface area contributed by atoms with Gasteiger partial charge in [0, 0.05) is 36.8 Å². The molecular weight excluding hydrogens is 444 g/mol. The molecule has 0 N–H and O–H groups in total. The van der Waals surface area contributed by atoms with Crippen molar-refractivity contribution in [3.05, 3.63) is 71.3 Å². The van der Waals surface area contributed by atoms with Gasteiger partial charge < -0.3 is 18.9 Å². The van der Waals surface area contributed by atoms with Crippen LogP contribution in [0.3, 0.4) is 0 Å². The van der Waals surface area contributed by atoms with E-state index in [2.05, 4.69) is 43.6 Å². The largest absolute Gasteiger partial charge is 0.484 e. The van der Waals surface area contributed by atoms with E-state index in [0.29, 0.717) is 18.8 Å². The number of fused-ring (bicyclic) bond motifs is 3. The number of carbonyl (C=O) groups excluding carboxylic acids is 1. The van der Waals surface area contributed by atoms with Crippen LogP contribution in [0, 0.1) is 0 Å². The highest BCUT2D eigenvalue weighted by molar-refractivity contribution is 9.10. The van der Waals surface area contributed by atoms with Crippen LogP contribution in [-0.2, 0) is 4.79 Å². The van der Waals surface area contributed by atoms with Gasteiger partial charge in [0.15, 0.2) is 12.4 Å². The minimum absolute atomic E-state index is 0.0155. The fraction of sp³-hybridized carbons (Fsp3) is 0.217. The molecule has 0 bridgehead atoms. The lowest BCUT2D eigenvalue weighted by molar-refractivity contribution is -0.133. The van der Waals surface area contributed by atoms with E-state index in [4.69, 9.17) is 9.72 Å². The van der Waals surface area contributed by atoms with E-state index in [1.165, 1.54) is 0 Å². The molecule has 0 unspecified atom stereocenters. The summed E-state index contributed by atoms with van der Waals surface area (Å²) in [6.07, 6.45) is 2.07. The fourth-order valence-electron chi connectivity index (χ4n) is 3.89. The Kier molecular flexibility index (Phi) is 5.04. The first-order valence-electron chi connectivity index (χ1n) is 9.96. The van der Waals surface area contributed by atoms with Gasteiger partial charge in [0.05, 0.1) is 16.6 Å². The van der Waals surface area contributed by atoms with Crippen molar-refractivity contribution in [2.24, 2.45) is 0 Å². The van der Waals surface area contributed by atoms with E-state index in [9.17, 15) is 4.79 Å². The zero-order valence-corrected chi connectivity index (χ0v) is 18.0. The van der Waals surface area contributed by atoms with Crippen LogP contribution in [-0.4, -0.2) is 53.0 Å². The number of carbonyl (C=O) groups is 1. The molecule has 0 atom stereocenters. The van der Waals surface area contributed by atoms with Crippen molar-refractivity contribution in [3.63, 3.8) is 0 Å². The summed E-state index contributed by atoms with van der Waals surface area (Å²) in [6.45, 7) is 2.86. The normalized spacial score (nSPS) is 14.4. The first kappa shape index (κ1) is 18.9. The topological polar surface area (TPSA) is 50.1 Å². The van der Waals surface area contributed by atoms with Crippen LogP contribution in [0.25, 0.3) is 16.6 Å². The molecule has 1 fully saturated rings. The number of anilines is 1. The summed E-state index contributed by atoms with van der Waals surface area (Å²) in [5.41, 5.74) is 3.10. The number of para-hydroxylation sites is 1. The molecule has 2 aromatic carbocycles. The van der Waals surface area contributed by atoms with Gasteiger partial charge >= 0.3 is 0 Å². The predicted molar refractivity (Wildman–Crippen MR) is 121 cm³/mol. The highest BCUT2D eigenvalue weighted by atomic mass is 79.9. The van der Waals surface area contributed by atoms with E-state index in [1.807, 2.05) is 53.4 Å². The van der Waals surface area contributed by atoms with Crippen molar-refractivity contribution in [3.8, 4) is 5.75 Å². The molecule has 1 saturated heterocycles. The lowest BCUT2D eigenvalue weighted by Crippen LogP contribution is -2.50. The Morgan fingerprint density at radius 1 is 0.967 bits per heavy atom. The highest BCUT2D eigenvalue weighted by Crippen LogP contribution is 2.28. The Bertz CT molecular complexity index is 1200. The van der Waals surface area contributed by atoms with Gasteiger partial charge in [-0.15, -0.1) is 0 Å². The van der Waals surface area contributed by atoms with E-state index < -0.39 is 0 Å². The minimum atomic E-state index is 0.0155. The number of hydrogen-bond acceptors (Lipinski definition) is 4. The number of hydrogen-bond donors (Lipinski definition) is 0. The Labute approximate surface area is 182 Å². The summed E-state index contributed by atoms with van der Waals surface area (Å²) >= 11 is 3.54. The maximum Gasteiger partial charge on any atom is 0.260 e. The fourth-order valence-corrected chi connectivity index (χ4v) is 4.24. The summed E-state index contributed by atoms with van der Waals surface area (Å²) in [6, 6.07) is 19.7. The molecular formula is C23H21BrN4O2. The van der Waals surface area contributed by atoms with Crippen molar-refractivity contribution in [2.45, 2.75) is 0 Å². The second-order valence-electron chi connectivity index (χ2n) is 7.30. The van der Waals surface area contributed by atoms with Crippen LogP contribution < -0.4 is 9.64 Å². The summed E-state index contributed by atoms with van der Waals surface area (Å²) in [4.78, 5) is 21.6. The third-order valence-electron chi connectivity index (χ3n) is 5.44. The summed E-state index contributed by atoms with van der Waals surface area (Å²) in [7, 11) is 0. The lowest BCUT2D eigenvalue weighted by atomic mass is 10.2. The number of piperazine rings is 1. The van der Waals surface area contributed by atoms with Crippen LogP contribution in [0.1, 0.15) is 0 Å². The monoisotopic (exact) mass is 464 g/mol. The Morgan fingerprint density at radius 2 is 1.77 bits per heavy atom. The molecule has 30 heavy (non-hydrogen) atoms. The Balaban J connectivity index is 1.31. The second kappa shape index (κ2) is 7.99. The molecule has 6 nitrogen and oxygen atoms in total. The molecule has 0 aliphatic carbocycles. The van der Waals surface area contributed by atoms with Gasteiger partial charge in [-0.05, 0) is 42.5 Å². The second-order valence-corrected chi connectivity index (χ2v) is 8.22. The molecule has 5 rings (SSSR count). The molecule has 4 aromatic rings. The summed E-state index contributed by atoms with van der Waals surface area (Å²) in [5.74, 6) is 1.69. The molecule has 3 heterocycles. The third-order valence-corrected chi connectivity index (χ3v) is 5.93. The standard InChI is InChI=1S/C23H21BrN4O2/c24-17-8-9-20-19(15-17)25-23(21-7-4-10-28(20)21)27-13-11-26(12-14-27)22(29)16-30-18-5-2-1-3-6-18/h1-10,15H,11-14,16H2. The minimum Gasteiger partial charge on any atom is -0.484 e. The number of nitrogens with zero attached hydrogens (tertiary/aromatic N) is 4. The van der Waals surface area contributed by atoms with Crippen molar-refractivity contribution >= 4 is 44.2 Å². The van der Waals surface area contributed by atoms with Gasteiger partial charge in [0.2, 0.25) is 0 Å². The first-order chi connectivity index (χ1) is 14.7. The zero-order chi connectivity index (χ0) is 20.5. The van der Waals surface area contributed by atoms with E-state index in [-0.39, 0.29) is 12.5 Å². The van der Waals surface area contributed by atoms with Crippen LogP contribution in [0.5, 0.6) is 5.75 Å². The SMILES string of the molecule is O=C(COc1ccccc1)N1CCN(c2nc3cc(Br)ccc3n3cccc23)CC1. The molecule has 1 amide bonds. The first-order valence-corrected chi connectivity index (χ1v) is 10.8.